The molecule has 156 valence electrons. The molecule has 0 saturated carbocycles. The quantitative estimate of drug-likeness (QED) is 0.554. The molecule has 2 N–H and O–H groups in total. The van der Waals surface area contributed by atoms with E-state index in [-0.39, 0.29) is 12.4 Å². The van der Waals surface area contributed by atoms with Crippen LogP contribution in [-0.4, -0.2) is 35.1 Å². The predicted molar refractivity (Wildman–Crippen MR) is 117 cm³/mol. The second kappa shape index (κ2) is 10.00. The highest BCUT2D eigenvalue weighted by molar-refractivity contribution is 6.31. The van der Waals surface area contributed by atoms with E-state index in [2.05, 4.69) is 34.6 Å². The van der Waals surface area contributed by atoms with Crippen molar-refractivity contribution in [2.45, 2.75) is 58.0 Å². The van der Waals surface area contributed by atoms with Gasteiger partial charge in [-0.1, -0.05) is 48.7 Å². The van der Waals surface area contributed by atoms with Crippen molar-refractivity contribution in [1.82, 2.24) is 10.2 Å². The van der Waals surface area contributed by atoms with Crippen molar-refractivity contribution < 1.29 is 9.90 Å². The lowest BCUT2D eigenvalue weighted by atomic mass is 9.86. The van der Waals surface area contributed by atoms with Gasteiger partial charge in [-0.2, -0.15) is 0 Å². The zero-order chi connectivity index (χ0) is 19.4. The molecular formula is C22H32Cl2N2O2. The first kappa shape index (κ1) is 23.1. The molecule has 1 aromatic rings. The number of hydrogen-bond donors (Lipinski definition) is 2. The van der Waals surface area contributed by atoms with Crippen LogP contribution in [0.15, 0.2) is 36.5 Å². The van der Waals surface area contributed by atoms with Crippen LogP contribution in [0.5, 0.6) is 0 Å². The summed E-state index contributed by atoms with van der Waals surface area (Å²) in [6.45, 7) is 5.73. The Labute approximate surface area is 179 Å². The van der Waals surface area contributed by atoms with Gasteiger partial charge in [0.1, 0.15) is 0 Å². The van der Waals surface area contributed by atoms with Crippen LogP contribution in [0.3, 0.4) is 0 Å². The number of aliphatic carboxylic acids is 1. The number of nitrogens with zero attached hydrogens (tertiary/aromatic N) is 1. The molecule has 2 aliphatic rings. The number of carbonyl (C=O) groups is 1. The van der Waals surface area contributed by atoms with Crippen LogP contribution < -0.4 is 5.32 Å². The average molecular weight is 427 g/mol. The number of likely N-dealkylation sites (tertiary alicyclic amines) is 1. The summed E-state index contributed by atoms with van der Waals surface area (Å²) < 4.78 is 0. The van der Waals surface area contributed by atoms with E-state index in [1.807, 2.05) is 26.0 Å². The smallest absolute Gasteiger partial charge is 0.309 e. The lowest BCUT2D eigenvalue weighted by Gasteiger charge is -2.40. The number of carboxylic acid groups (broad SMARTS) is 1. The van der Waals surface area contributed by atoms with Crippen molar-refractivity contribution in [3.8, 4) is 0 Å². The lowest BCUT2D eigenvalue weighted by molar-refractivity contribution is -0.147. The third kappa shape index (κ3) is 5.43. The Morgan fingerprint density at radius 3 is 2.82 bits per heavy atom. The zero-order valence-electron chi connectivity index (χ0n) is 16.7. The van der Waals surface area contributed by atoms with Gasteiger partial charge in [0.2, 0.25) is 0 Å². The molecule has 0 aliphatic carbocycles. The number of benzene rings is 1. The van der Waals surface area contributed by atoms with Gasteiger partial charge < -0.3 is 10.4 Å². The van der Waals surface area contributed by atoms with Gasteiger partial charge in [0, 0.05) is 36.1 Å². The normalized spacial score (nSPS) is 22.8. The van der Waals surface area contributed by atoms with Crippen molar-refractivity contribution in [2.24, 2.45) is 11.3 Å². The maximum atomic E-state index is 11.3. The Kier molecular flexibility index (Phi) is 8.23. The highest BCUT2D eigenvalue weighted by Crippen LogP contribution is 2.36. The highest BCUT2D eigenvalue weighted by atomic mass is 35.5. The molecule has 6 heteroatoms. The number of carboxylic acids is 1. The topological polar surface area (TPSA) is 52.6 Å². The molecule has 4 nitrogen and oxygen atoms in total. The monoisotopic (exact) mass is 426 g/mol. The molecule has 1 saturated heterocycles. The molecule has 0 amide bonds. The SMILES string of the molecule is CC(C)(CCCCC(c1ccccc1Cl)N1CCC2NC=CC2C1)C(=O)O.Cl. The van der Waals surface area contributed by atoms with E-state index in [0.717, 1.165) is 43.8 Å². The minimum absolute atomic E-state index is 0. The second-order valence-electron chi connectivity index (χ2n) is 8.55. The van der Waals surface area contributed by atoms with Gasteiger partial charge in [-0.3, -0.25) is 9.69 Å². The number of nitrogens with one attached hydrogen (secondary N) is 1. The van der Waals surface area contributed by atoms with E-state index in [9.17, 15) is 9.90 Å². The summed E-state index contributed by atoms with van der Waals surface area (Å²) in [5.74, 6) is -0.151. The van der Waals surface area contributed by atoms with E-state index in [0.29, 0.717) is 24.4 Å². The molecule has 1 aromatic carbocycles. The Balaban J connectivity index is 0.00000280. The summed E-state index contributed by atoms with van der Waals surface area (Å²) in [6.07, 6.45) is 9.16. The summed E-state index contributed by atoms with van der Waals surface area (Å²) in [5, 5.41) is 13.6. The fourth-order valence-electron chi connectivity index (χ4n) is 4.29. The van der Waals surface area contributed by atoms with E-state index in [1.54, 1.807) is 0 Å². The van der Waals surface area contributed by atoms with Crippen LogP contribution in [0.2, 0.25) is 5.02 Å². The van der Waals surface area contributed by atoms with Gasteiger partial charge in [-0.05, 0) is 50.9 Å². The summed E-state index contributed by atoms with van der Waals surface area (Å²) in [4.78, 5) is 13.9. The molecule has 2 heterocycles. The lowest BCUT2D eigenvalue weighted by Crippen LogP contribution is -2.46. The number of rotatable bonds is 8. The van der Waals surface area contributed by atoms with Crippen LogP contribution in [0, 0.1) is 11.3 Å². The summed E-state index contributed by atoms with van der Waals surface area (Å²) in [5.41, 5.74) is 0.545. The predicted octanol–water partition coefficient (Wildman–Crippen LogP) is 5.28. The van der Waals surface area contributed by atoms with Gasteiger partial charge >= 0.3 is 5.97 Å². The number of unbranched alkanes of at least 4 members (excludes halogenated alkanes) is 1. The summed E-state index contributed by atoms with van der Waals surface area (Å²) in [6, 6.07) is 9.02. The Bertz CT molecular complexity index is 693. The molecule has 28 heavy (non-hydrogen) atoms. The molecule has 3 unspecified atom stereocenters. The van der Waals surface area contributed by atoms with Crippen LogP contribution in [0.1, 0.15) is 57.6 Å². The van der Waals surface area contributed by atoms with Crippen LogP contribution in [0.25, 0.3) is 0 Å². The molecule has 3 rings (SSSR count). The third-order valence-corrected chi connectivity index (χ3v) is 6.50. The van der Waals surface area contributed by atoms with Crippen molar-refractivity contribution in [3.05, 3.63) is 47.1 Å². The standard InChI is InChI=1S/C22H31ClN2O2.ClH/c1-22(2,21(26)27)12-6-5-9-20(17-7-3-4-8-18(17)23)25-14-11-19-16(15-25)10-13-24-19;/h3-4,7-8,10,13,16,19-20,24H,5-6,9,11-12,14-15H2,1-2H3,(H,26,27);1H. The number of halogens is 2. The number of hydrogen-bond acceptors (Lipinski definition) is 3. The van der Waals surface area contributed by atoms with E-state index in [4.69, 9.17) is 11.6 Å². The molecule has 1 fully saturated rings. The maximum Gasteiger partial charge on any atom is 0.309 e. The van der Waals surface area contributed by atoms with E-state index in [1.165, 1.54) is 5.56 Å². The molecule has 0 radical (unpaired) electrons. The minimum atomic E-state index is -0.715. The Morgan fingerprint density at radius 1 is 1.36 bits per heavy atom. The van der Waals surface area contributed by atoms with Crippen molar-refractivity contribution in [1.29, 1.82) is 0 Å². The largest absolute Gasteiger partial charge is 0.481 e. The second-order valence-corrected chi connectivity index (χ2v) is 8.96. The summed E-state index contributed by atoms with van der Waals surface area (Å²) in [7, 11) is 0. The first-order valence-corrected chi connectivity index (χ1v) is 10.4. The molecular weight excluding hydrogens is 395 g/mol. The van der Waals surface area contributed by atoms with Crippen LogP contribution >= 0.6 is 24.0 Å². The fourth-order valence-corrected chi connectivity index (χ4v) is 4.55. The highest BCUT2D eigenvalue weighted by Gasteiger charge is 2.34. The zero-order valence-corrected chi connectivity index (χ0v) is 18.3. The first-order valence-electron chi connectivity index (χ1n) is 10.0. The average Bonchev–Trinajstić information content (AvgIpc) is 3.10. The molecule has 3 atom stereocenters. The Hall–Kier alpha value is -1.23. The van der Waals surface area contributed by atoms with E-state index >= 15 is 0 Å². The maximum absolute atomic E-state index is 11.3. The van der Waals surface area contributed by atoms with Crippen molar-refractivity contribution in [2.75, 3.05) is 13.1 Å². The Morgan fingerprint density at radius 2 is 2.11 bits per heavy atom. The number of piperidine rings is 1. The minimum Gasteiger partial charge on any atom is -0.481 e. The van der Waals surface area contributed by atoms with Crippen molar-refractivity contribution >= 4 is 30.0 Å². The van der Waals surface area contributed by atoms with Gasteiger partial charge in [0.05, 0.1) is 5.41 Å². The van der Waals surface area contributed by atoms with E-state index < -0.39 is 11.4 Å². The number of fused-ring (bicyclic) bond motifs is 1. The van der Waals surface area contributed by atoms with Gasteiger partial charge in [-0.15, -0.1) is 12.4 Å². The molecule has 0 aromatic heterocycles. The molecule has 2 aliphatic heterocycles. The van der Waals surface area contributed by atoms with Crippen molar-refractivity contribution in [3.63, 3.8) is 0 Å². The van der Waals surface area contributed by atoms with Gasteiger partial charge in [-0.25, -0.2) is 0 Å². The van der Waals surface area contributed by atoms with Crippen LogP contribution in [0.4, 0.5) is 0 Å². The summed E-state index contributed by atoms with van der Waals surface area (Å²) >= 11 is 6.55. The molecule has 0 bridgehead atoms. The van der Waals surface area contributed by atoms with Gasteiger partial charge in [0.15, 0.2) is 0 Å². The third-order valence-electron chi connectivity index (χ3n) is 6.16. The fraction of sp³-hybridized carbons (Fsp3) is 0.591. The van der Waals surface area contributed by atoms with Gasteiger partial charge in [0.25, 0.3) is 0 Å². The first-order chi connectivity index (χ1) is 12.9. The molecule has 0 spiro atoms. The van der Waals surface area contributed by atoms with Crippen LogP contribution in [-0.2, 0) is 4.79 Å².